The second-order valence-electron chi connectivity index (χ2n) is 5.26. The smallest absolute Gasteiger partial charge is 0.272 e. The molecule has 3 aromatic rings. The number of hydrogen-bond donors (Lipinski definition) is 2. The maximum absolute atomic E-state index is 12.5. The number of methoxy groups -OCH3 is 1. The molecule has 0 saturated carbocycles. The van der Waals surface area contributed by atoms with Gasteiger partial charge in [-0.25, -0.2) is 0 Å². The van der Waals surface area contributed by atoms with Crippen molar-refractivity contribution in [3.63, 3.8) is 0 Å². The number of rotatable bonds is 3. The first-order chi connectivity index (χ1) is 11.1. The molecule has 2 aromatic carbocycles. The van der Waals surface area contributed by atoms with Crippen LogP contribution in [-0.4, -0.2) is 18.0 Å². The molecule has 0 spiro atoms. The number of amides is 1. The minimum Gasteiger partial charge on any atom is -0.495 e. The van der Waals surface area contributed by atoms with Crippen LogP contribution in [0.4, 0.5) is 5.69 Å². The van der Waals surface area contributed by atoms with Gasteiger partial charge in [-0.05, 0) is 42.1 Å². The molecule has 3 rings (SSSR count). The van der Waals surface area contributed by atoms with E-state index in [1.54, 1.807) is 30.3 Å². The van der Waals surface area contributed by atoms with Crippen molar-refractivity contribution in [3.8, 4) is 5.75 Å². The Kier molecular flexibility index (Phi) is 3.85. The molecule has 0 saturated heterocycles. The molecule has 5 nitrogen and oxygen atoms in total. The lowest BCUT2D eigenvalue weighted by atomic mass is 10.1. The van der Waals surface area contributed by atoms with Crippen molar-refractivity contribution >= 4 is 22.4 Å². The highest BCUT2D eigenvalue weighted by atomic mass is 16.5. The van der Waals surface area contributed by atoms with Gasteiger partial charge >= 0.3 is 0 Å². The predicted octanol–water partition coefficient (Wildman–Crippen LogP) is 3.10. The number of nitrogens with one attached hydrogen (secondary N) is 2. The van der Waals surface area contributed by atoms with Crippen LogP contribution in [0.25, 0.3) is 10.8 Å². The van der Waals surface area contributed by atoms with Gasteiger partial charge < -0.3 is 15.0 Å². The third kappa shape index (κ3) is 2.94. The summed E-state index contributed by atoms with van der Waals surface area (Å²) in [7, 11) is 1.54. The van der Waals surface area contributed by atoms with Gasteiger partial charge in [0, 0.05) is 5.39 Å². The Hall–Kier alpha value is -3.08. The molecule has 1 heterocycles. The third-order valence-electron chi connectivity index (χ3n) is 3.60. The van der Waals surface area contributed by atoms with Crippen molar-refractivity contribution in [2.45, 2.75) is 6.92 Å². The number of carbonyl (C=O) groups is 1. The van der Waals surface area contributed by atoms with Crippen LogP contribution in [0.5, 0.6) is 5.75 Å². The van der Waals surface area contributed by atoms with E-state index >= 15 is 0 Å². The minimum absolute atomic E-state index is 0.206. The summed E-state index contributed by atoms with van der Waals surface area (Å²) in [5, 5.41) is 4.05. The van der Waals surface area contributed by atoms with Crippen LogP contribution < -0.4 is 15.6 Å². The molecule has 116 valence electrons. The zero-order chi connectivity index (χ0) is 16.4. The summed E-state index contributed by atoms with van der Waals surface area (Å²) in [5.41, 5.74) is 1.47. The largest absolute Gasteiger partial charge is 0.495 e. The standard InChI is InChI=1S/C18H16N2O3/c1-11-7-8-16(23-2)14(9-11)19-18(22)15-10-12-5-3-4-6-13(12)17(21)20-15/h3-10H,1-2H3,(H,19,22)(H,20,21). The first kappa shape index (κ1) is 14.8. The van der Waals surface area contributed by atoms with Crippen LogP contribution in [-0.2, 0) is 0 Å². The van der Waals surface area contributed by atoms with E-state index in [9.17, 15) is 9.59 Å². The zero-order valence-corrected chi connectivity index (χ0v) is 12.8. The minimum atomic E-state index is -0.392. The molecule has 0 unspecified atom stereocenters. The van der Waals surface area contributed by atoms with Gasteiger partial charge in [0.2, 0.25) is 0 Å². The van der Waals surface area contributed by atoms with E-state index in [0.717, 1.165) is 10.9 Å². The summed E-state index contributed by atoms with van der Waals surface area (Å²) < 4.78 is 5.24. The lowest BCUT2D eigenvalue weighted by Crippen LogP contribution is -2.19. The number of aromatic amines is 1. The quantitative estimate of drug-likeness (QED) is 0.781. The highest BCUT2D eigenvalue weighted by Gasteiger charge is 2.12. The number of H-pyrrole nitrogens is 1. The molecule has 0 bridgehead atoms. The molecule has 1 amide bonds. The Balaban J connectivity index is 1.98. The highest BCUT2D eigenvalue weighted by Crippen LogP contribution is 2.25. The molecule has 0 fully saturated rings. The number of pyridine rings is 1. The first-order valence-corrected chi connectivity index (χ1v) is 7.16. The fourth-order valence-electron chi connectivity index (χ4n) is 2.44. The monoisotopic (exact) mass is 308 g/mol. The van der Waals surface area contributed by atoms with Crippen molar-refractivity contribution in [2.24, 2.45) is 0 Å². The summed E-state index contributed by atoms with van der Waals surface area (Å²) in [6.07, 6.45) is 0. The van der Waals surface area contributed by atoms with Gasteiger partial charge in [-0.3, -0.25) is 9.59 Å². The number of anilines is 1. The van der Waals surface area contributed by atoms with Gasteiger partial charge in [-0.15, -0.1) is 0 Å². The topological polar surface area (TPSA) is 71.2 Å². The Morgan fingerprint density at radius 2 is 1.91 bits per heavy atom. The van der Waals surface area contributed by atoms with E-state index < -0.39 is 5.91 Å². The van der Waals surface area contributed by atoms with Gasteiger partial charge in [-0.2, -0.15) is 0 Å². The lowest BCUT2D eigenvalue weighted by molar-refractivity contribution is 0.102. The molecular weight excluding hydrogens is 292 g/mol. The maximum atomic E-state index is 12.5. The number of aryl methyl sites for hydroxylation is 1. The van der Waals surface area contributed by atoms with Crippen molar-refractivity contribution < 1.29 is 9.53 Å². The highest BCUT2D eigenvalue weighted by molar-refractivity contribution is 6.05. The van der Waals surface area contributed by atoms with Crippen LogP contribution in [0.15, 0.2) is 53.3 Å². The van der Waals surface area contributed by atoms with E-state index in [0.29, 0.717) is 16.8 Å². The van der Waals surface area contributed by atoms with Gasteiger partial charge in [-0.1, -0.05) is 24.3 Å². The summed E-state index contributed by atoms with van der Waals surface area (Å²) in [6.45, 7) is 1.92. The SMILES string of the molecule is COc1ccc(C)cc1NC(=O)c1cc2ccccc2c(=O)[nH]1. The average Bonchev–Trinajstić information content (AvgIpc) is 2.55. The molecular formula is C18H16N2O3. The second kappa shape index (κ2) is 5.96. The number of aromatic nitrogens is 1. The Labute approximate surface area is 132 Å². The Bertz CT molecular complexity index is 944. The molecule has 0 aliphatic carbocycles. The summed E-state index contributed by atoms with van der Waals surface area (Å²) >= 11 is 0. The molecule has 0 aliphatic rings. The van der Waals surface area contributed by atoms with Gasteiger partial charge in [0.15, 0.2) is 0 Å². The predicted molar refractivity (Wildman–Crippen MR) is 90.3 cm³/mol. The van der Waals surface area contributed by atoms with Crippen LogP contribution in [0.3, 0.4) is 0 Å². The molecule has 5 heteroatoms. The molecule has 0 aliphatic heterocycles. The van der Waals surface area contributed by atoms with E-state index in [-0.39, 0.29) is 11.3 Å². The van der Waals surface area contributed by atoms with Crippen LogP contribution in [0.1, 0.15) is 16.1 Å². The van der Waals surface area contributed by atoms with Crippen LogP contribution in [0.2, 0.25) is 0 Å². The summed E-state index contributed by atoms with van der Waals surface area (Å²) in [6, 6.07) is 14.3. The first-order valence-electron chi connectivity index (χ1n) is 7.16. The fraction of sp³-hybridized carbons (Fsp3) is 0.111. The van der Waals surface area contributed by atoms with Gasteiger partial charge in [0.25, 0.3) is 11.5 Å². The van der Waals surface area contributed by atoms with Gasteiger partial charge in [0.05, 0.1) is 12.8 Å². The number of benzene rings is 2. The number of carbonyl (C=O) groups excluding carboxylic acids is 1. The molecule has 23 heavy (non-hydrogen) atoms. The van der Waals surface area contributed by atoms with E-state index in [1.807, 2.05) is 25.1 Å². The lowest BCUT2D eigenvalue weighted by Gasteiger charge is -2.11. The average molecular weight is 308 g/mol. The third-order valence-corrected chi connectivity index (χ3v) is 3.60. The van der Waals surface area contributed by atoms with Gasteiger partial charge in [0.1, 0.15) is 11.4 Å². The van der Waals surface area contributed by atoms with Crippen molar-refractivity contribution in [1.82, 2.24) is 4.98 Å². The molecule has 1 aromatic heterocycles. The van der Waals surface area contributed by atoms with Crippen LogP contribution >= 0.6 is 0 Å². The molecule has 0 atom stereocenters. The molecule has 2 N–H and O–H groups in total. The number of fused-ring (bicyclic) bond motifs is 1. The fourth-order valence-corrected chi connectivity index (χ4v) is 2.44. The zero-order valence-electron chi connectivity index (χ0n) is 12.8. The van der Waals surface area contributed by atoms with E-state index in [2.05, 4.69) is 10.3 Å². The van der Waals surface area contributed by atoms with Crippen molar-refractivity contribution in [2.75, 3.05) is 12.4 Å². The van der Waals surface area contributed by atoms with E-state index in [1.165, 1.54) is 7.11 Å². The van der Waals surface area contributed by atoms with Crippen molar-refractivity contribution in [1.29, 1.82) is 0 Å². The summed E-state index contributed by atoms with van der Waals surface area (Å²) in [4.78, 5) is 27.1. The van der Waals surface area contributed by atoms with Crippen molar-refractivity contribution in [3.05, 3.63) is 70.1 Å². The van der Waals surface area contributed by atoms with Crippen LogP contribution in [0, 0.1) is 6.92 Å². The maximum Gasteiger partial charge on any atom is 0.272 e. The van der Waals surface area contributed by atoms with E-state index in [4.69, 9.17) is 4.74 Å². The molecule has 0 radical (unpaired) electrons. The summed E-state index contributed by atoms with van der Waals surface area (Å²) in [5.74, 6) is 0.170. The Morgan fingerprint density at radius 3 is 2.70 bits per heavy atom. The normalized spacial score (nSPS) is 10.5. The number of hydrogen-bond acceptors (Lipinski definition) is 3. The Morgan fingerprint density at radius 1 is 1.13 bits per heavy atom. The number of ether oxygens (including phenoxy) is 1. The second-order valence-corrected chi connectivity index (χ2v) is 5.26.